The molecular formula is C14H16N2O4. The molecule has 20 heavy (non-hydrogen) atoms. The molecule has 106 valence electrons. The van der Waals surface area contributed by atoms with E-state index in [1.807, 2.05) is 0 Å². The molecule has 1 aromatic heterocycles. The minimum atomic E-state index is -0.901. The van der Waals surface area contributed by atoms with Crippen LogP contribution in [-0.2, 0) is 6.54 Å². The highest BCUT2D eigenvalue weighted by Crippen LogP contribution is 2.29. The first-order valence-electron chi connectivity index (χ1n) is 6.06. The van der Waals surface area contributed by atoms with Gasteiger partial charge in [-0.25, -0.2) is 4.98 Å². The van der Waals surface area contributed by atoms with Crippen LogP contribution in [0.4, 0.5) is 0 Å². The van der Waals surface area contributed by atoms with Crippen molar-refractivity contribution in [2.75, 3.05) is 14.2 Å². The molecule has 0 saturated heterocycles. The first kappa shape index (κ1) is 14.1. The second-order valence-electron chi connectivity index (χ2n) is 4.19. The fourth-order valence-corrected chi connectivity index (χ4v) is 1.90. The first-order chi connectivity index (χ1) is 9.65. The summed E-state index contributed by atoms with van der Waals surface area (Å²) in [5.41, 5.74) is 0.337. The highest BCUT2D eigenvalue weighted by atomic mass is 16.5. The summed E-state index contributed by atoms with van der Waals surface area (Å²) >= 11 is 0. The van der Waals surface area contributed by atoms with Gasteiger partial charge in [-0.05, 0) is 18.2 Å². The molecule has 0 radical (unpaired) electrons. The van der Waals surface area contributed by atoms with Crippen LogP contribution in [0.2, 0.25) is 0 Å². The van der Waals surface area contributed by atoms with E-state index >= 15 is 0 Å². The van der Waals surface area contributed by atoms with Gasteiger partial charge in [0.15, 0.2) is 0 Å². The van der Waals surface area contributed by atoms with Gasteiger partial charge in [-0.3, -0.25) is 9.36 Å². The zero-order valence-electron chi connectivity index (χ0n) is 11.3. The molecule has 1 aromatic carbocycles. The molecule has 1 N–H and O–H groups in total. The molecule has 0 bridgehead atoms. The van der Waals surface area contributed by atoms with Gasteiger partial charge in [0, 0.05) is 17.8 Å². The Bertz CT molecular complexity index is 639. The third-order valence-corrected chi connectivity index (χ3v) is 2.96. The fourth-order valence-electron chi connectivity index (χ4n) is 1.90. The highest BCUT2D eigenvalue weighted by molar-refractivity contribution is 5.41. The maximum Gasteiger partial charge on any atom is 0.253 e. The van der Waals surface area contributed by atoms with Crippen molar-refractivity contribution in [1.29, 1.82) is 0 Å². The Hall–Kier alpha value is -2.34. The van der Waals surface area contributed by atoms with Gasteiger partial charge in [-0.1, -0.05) is 0 Å². The van der Waals surface area contributed by atoms with Crippen molar-refractivity contribution in [1.82, 2.24) is 9.55 Å². The number of benzene rings is 1. The van der Waals surface area contributed by atoms with Gasteiger partial charge < -0.3 is 14.6 Å². The molecule has 0 saturated carbocycles. The average Bonchev–Trinajstić information content (AvgIpc) is 2.48. The molecule has 6 nitrogen and oxygen atoms in total. The lowest BCUT2D eigenvalue weighted by Gasteiger charge is -2.16. The zero-order valence-corrected chi connectivity index (χ0v) is 11.3. The van der Waals surface area contributed by atoms with Crippen LogP contribution in [-0.4, -0.2) is 28.9 Å². The number of hydrogen-bond acceptors (Lipinski definition) is 5. The van der Waals surface area contributed by atoms with Crippen molar-refractivity contribution in [2.45, 2.75) is 12.6 Å². The van der Waals surface area contributed by atoms with E-state index in [-0.39, 0.29) is 12.1 Å². The van der Waals surface area contributed by atoms with Gasteiger partial charge in [0.1, 0.15) is 17.6 Å². The van der Waals surface area contributed by atoms with Gasteiger partial charge in [-0.15, -0.1) is 0 Å². The molecule has 0 aliphatic heterocycles. The van der Waals surface area contributed by atoms with Gasteiger partial charge >= 0.3 is 0 Å². The zero-order chi connectivity index (χ0) is 14.5. The number of aromatic nitrogens is 2. The van der Waals surface area contributed by atoms with Crippen LogP contribution < -0.4 is 15.0 Å². The van der Waals surface area contributed by atoms with Crippen LogP contribution in [0.15, 0.2) is 41.6 Å². The second-order valence-corrected chi connectivity index (χ2v) is 4.19. The smallest absolute Gasteiger partial charge is 0.253 e. The highest BCUT2D eigenvalue weighted by Gasteiger charge is 2.15. The quantitative estimate of drug-likeness (QED) is 0.881. The lowest BCUT2D eigenvalue weighted by atomic mass is 10.1. The molecule has 0 fully saturated rings. The van der Waals surface area contributed by atoms with Crippen molar-refractivity contribution in [3.05, 3.63) is 52.7 Å². The van der Waals surface area contributed by atoms with E-state index in [1.54, 1.807) is 25.3 Å². The van der Waals surface area contributed by atoms with E-state index in [4.69, 9.17) is 9.47 Å². The van der Waals surface area contributed by atoms with E-state index in [1.165, 1.54) is 30.3 Å². The number of nitrogens with zero attached hydrogens (tertiary/aromatic N) is 2. The lowest BCUT2D eigenvalue weighted by molar-refractivity contribution is 0.150. The van der Waals surface area contributed by atoms with E-state index in [0.717, 1.165) is 0 Å². The summed E-state index contributed by atoms with van der Waals surface area (Å²) in [5.74, 6) is 1.15. The third-order valence-electron chi connectivity index (χ3n) is 2.96. The minimum Gasteiger partial charge on any atom is -0.497 e. The standard InChI is InChI=1S/C14H16N2O4/c1-19-10-3-4-13(20-2)11(7-10)12(17)8-16-9-15-6-5-14(16)18/h3-7,9,12,17H,8H2,1-2H3. The summed E-state index contributed by atoms with van der Waals surface area (Å²) in [6.45, 7) is 0.0935. The Morgan fingerprint density at radius 2 is 2.10 bits per heavy atom. The summed E-state index contributed by atoms with van der Waals surface area (Å²) in [7, 11) is 3.07. The lowest BCUT2D eigenvalue weighted by Crippen LogP contribution is -2.22. The second kappa shape index (κ2) is 6.21. The molecule has 0 aliphatic rings. The van der Waals surface area contributed by atoms with Crippen molar-refractivity contribution in [3.63, 3.8) is 0 Å². The van der Waals surface area contributed by atoms with Gasteiger partial charge in [-0.2, -0.15) is 0 Å². The van der Waals surface area contributed by atoms with E-state index < -0.39 is 6.10 Å². The maximum atomic E-state index is 11.6. The summed E-state index contributed by atoms with van der Waals surface area (Å²) < 4.78 is 11.7. The molecule has 1 atom stereocenters. The Kier molecular flexibility index (Phi) is 4.37. The first-order valence-corrected chi connectivity index (χ1v) is 6.06. The van der Waals surface area contributed by atoms with Crippen LogP contribution in [0.25, 0.3) is 0 Å². The molecular weight excluding hydrogens is 260 g/mol. The summed E-state index contributed by atoms with van der Waals surface area (Å²) in [5, 5.41) is 10.3. The largest absolute Gasteiger partial charge is 0.497 e. The minimum absolute atomic E-state index is 0.0935. The maximum absolute atomic E-state index is 11.6. The molecule has 1 unspecified atom stereocenters. The van der Waals surface area contributed by atoms with Crippen LogP contribution in [0.3, 0.4) is 0 Å². The number of aliphatic hydroxyl groups excluding tert-OH is 1. The van der Waals surface area contributed by atoms with E-state index in [0.29, 0.717) is 17.1 Å². The van der Waals surface area contributed by atoms with E-state index in [2.05, 4.69) is 4.98 Å². The Morgan fingerprint density at radius 1 is 1.30 bits per heavy atom. The number of hydrogen-bond donors (Lipinski definition) is 1. The van der Waals surface area contributed by atoms with E-state index in [9.17, 15) is 9.90 Å². The predicted molar refractivity (Wildman–Crippen MR) is 73.0 cm³/mol. The van der Waals surface area contributed by atoms with Gasteiger partial charge in [0.05, 0.1) is 27.1 Å². The van der Waals surface area contributed by atoms with Crippen LogP contribution in [0.5, 0.6) is 11.5 Å². The Morgan fingerprint density at radius 3 is 2.75 bits per heavy atom. The molecule has 0 spiro atoms. The van der Waals surface area contributed by atoms with Crippen LogP contribution in [0, 0.1) is 0 Å². The Labute approximate surface area is 116 Å². The number of ether oxygens (including phenoxy) is 2. The van der Waals surface area contributed by atoms with Crippen molar-refractivity contribution >= 4 is 0 Å². The molecule has 0 aliphatic carbocycles. The normalized spacial score (nSPS) is 11.9. The monoisotopic (exact) mass is 276 g/mol. The summed E-state index contributed by atoms with van der Waals surface area (Å²) in [4.78, 5) is 15.5. The van der Waals surface area contributed by atoms with Crippen LogP contribution in [0.1, 0.15) is 11.7 Å². The number of aliphatic hydroxyl groups is 1. The fraction of sp³-hybridized carbons (Fsp3) is 0.286. The molecule has 2 rings (SSSR count). The predicted octanol–water partition coefficient (Wildman–Crippen LogP) is 0.994. The SMILES string of the molecule is COc1ccc(OC)c(C(O)Cn2cnccc2=O)c1. The van der Waals surface area contributed by atoms with Crippen molar-refractivity contribution in [3.8, 4) is 11.5 Å². The third kappa shape index (κ3) is 2.97. The Balaban J connectivity index is 2.31. The van der Waals surface area contributed by atoms with Gasteiger partial charge in [0.2, 0.25) is 0 Å². The molecule has 2 aromatic rings. The summed E-state index contributed by atoms with van der Waals surface area (Å²) in [6, 6.07) is 6.48. The topological polar surface area (TPSA) is 73.6 Å². The van der Waals surface area contributed by atoms with Crippen LogP contribution >= 0.6 is 0 Å². The van der Waals surface area contributed by atoms with Crippen molar-refractivity contribution < 1.29 is 14.6 Å². The molecule has 1 heterocycles. The summed E-state index contributed by atoms with van der Waals surface area (Å²) in [6.07, 6.45) is 1.90. The number of rotatable bonds is 5. The number of methoxy groups -OCH3 is 2. The van der Waals surface area contributed by atoms with Crippen molar-refractivity contribution in [2.24, 2.45) is 0 Å². The van der Waals surface area contributed by atoms with Gasteiger partial charge in [0.25, 0.3) is 5.56 Å². The molecule has 6 heteroatoms. The average molecular weight is 276 g/mol. The molecule has 0 amide bonds.